The van der Waals surface area contributed by atoms with Crippen LogP contribution in [0, 0.1) is 0 Å². The Bertz CT molecular complexity index is 951. The summed E-state index contributed by atoms with van der Waals surface area (Å²) in [7, 11) is 0. The smallest absolute Gasteiger partial charge is 0.490 e. The number of carbonyl (C=O) groups excluding carboxylic acids is 4. The summed E-state index contributed by atoms with van der Waals surface area (Å²) >= 11 is 0. The Morgan fingerprint density at radius 1 is 1.15 bits per heavy atom. The molecule has 11 nitrogen and oxygen atoms in total. The Kier molecular flexibility index (Phi) is 8.48. The highest BCUT2D eigenvalue weighted by Crippen LogP contribution is 2.33. The van der Waals surface area contributed by atoms with Gasteiger partial charge in [0.05, 0.1) is 24.3 Å². The lowest BCUT2D eigenvalue weighted by Gasteiger charge is -2.27. The molecule has 4 amide bonds. The average molecular weight is 475 g/mol. The lowest BCUT2D eigenvalue weighted by atomic mass is 10.0. The van der Waals surface area contributed by atoms with Crippen LogP contribution in [0.2, 0.25) is 0 Å². The molecule has 33 heavy (non-hydrogen) atoms. The van der Waals surface area contributed by atoms with Crippen molar-refractivity contribution in [1.29, 1.82) is 0 Å². The van der Waals surface area contributed by atoms with Crippen LogP contribution in [0.25, 0.3) is 0 Å². The number of rotatable bonds is 7. The molecule has 0 spiro atoms. The molecule has 1 aromatic rings. The number of benzene rings is 1. The number of hydrogen-bond acceptors (Lipinski definition) is 8. The van der Waals surface area contributed by atoms with Gasteiger partial charge in [-0.05, 0) is 18.6 Å². The zero-order valence-electron chi connectivity index (χ0n) is 17.0. The number of ether oxygens (including phenoxy) is 2. The van der Waals surface area contributed by atoms with Gasteiger partial charge in [0.2, 0.25) is 11.8 Å². The summed E-state index contributed by atoms with van der Waals surface area (Å²) in [6, 6.07) is 3.70. The fraction of sp³-hybridized carbons (Fsp3) is 0.421. The van der Waals surface area contributed by atoms with E-state index in [4.69, 9.17) is 25.1 Å². The summed E-state index contributed by atoms with van der Waals surface area (Å²) in [6.45, 7) is 1.28. The summed E-state index contributed by atoms with van der Waals surface area (Å²) in [4.78, 5) is 58.6. The standard InChI is InChI=1S/C17H19N3O6.C2HF3O2/c18-6-7-25-8-9-26-12-3-1-2-10-14(12)17(24)20(16(10)23)11-4-5-13(21)19-15(11)22;3-2(4,5)1(6)7/h1-3,11H,4-9,18H2,(H,19,21,22);(H,6,7). The second-order valence-electron chi connectivity index (χ2n) is 6.68. The molecule has 4 N–H and O–H groups in total. The van der Waals surface area contributed by atoms with E-state index in [1.807, 2.05) is 0 Å². The van der Waals surface area contributed by atoms with Gasteiger partial charge in [0.1, 0.15) is 18.4 Å². The maximum absolute atomic E-state index is 12.8. The minimum absolute atomic E-state index is 0.0751. The van der Waals surface area contributed by atoms with Crippen LogP contribution in [-0.2, 0) is 19.1 Å². The SMILES string of the molecule is NCCOCCOc1cccc2c1C(=O)N(C1CCC(=O)NC1=O)C2=O.O=C(O)C(F)(F)F. The highest BCUT2D eigenvalue weighted by Gasteiger charge is 2.46. The minimum atomic E-state index is -5.08. The number of nitrogens with one attached hydrogen (secondary N) is 1. The van der Waals surface area contributed by atoms with Crippen LogP contribution in [0.4, 0.5) is 13.2 Å². The van der Waals surface area contributed by atoms with Crippen molar-refractivity contribution in [3.05, 3.63) is 29.3 Å². The lowest BCUT2D eigenvalue weighted by Crippen LogP contribution is -2.54. The van der Waals surface area contributed by atoms with Crippen LogP contribution in [0.1, 0.15) is 33.6 Å². The number of aliphatic carboxylic acids is 1. The molecule has 0 saturated carbocycles. The quantitative estimate of drug-likeness (QED) is 0.366. The van der Waals surface area contributed by atoms with Gasteiger partial charge in [0.25, 0.3) is 11.8 Å². The number of imide groups is 2. The third-order valence-electron chi connectivity index (χ3n) is 4.42. The van der Waals surface area contributed by atoms with Gasteiger partial charge in [0.15, 0.2) is 0 Å². The van der Waals surface area contributed by atoms with Crippen LogP contribution in [-0.4, -0.2) is 78.2 Å². The maximum atomic E-state index is 12.8. The average Bonchev–Trinajstić information content (AvgIpc) is 2.99. The Hall–Kier alpha value is -3.52. The fourth-order valence-electron chi connectivity index (χ4n) is 3.00. The monoisotopic (exact) mass is 475 g/mol. The molecule has 1 atom stereocenters. The third-order valence-corrected chi connectivity index (χ3v) is 4.42. The topological polar surface area (TPSA) is 165 Å². The van der Waals surface area contributed by atoms with Gasteiger partial charge < -0.3 is 20.3 Å². The van der Waals surface area contributed by atoms with Gasteiger partial charge in [-0.25, -0.2) is 4.79 Å². The molecule has 1 saturated heterocycles. The maximum Gasteiger partial charge on any atom is 0.490 e. The first-order chi connectivity index (χ1) is 15.5. The minimum Gasteiger partial charge on any atom is -0.490 e. The zero-order valence-corrected chi connectivity index (χ0v) is 17.0. The molecule has 1 aromatic carbocycles. The molecule has 0 radical (unpaired) electrons. The Labute approximate surface area is 184 Å². The molecule has 1 fully saturated rings. The van der Waals surface area contributed by atoms with Crippen LogP contribution in [0.15, 0.2) is 18.2 Å². The first-order valence-corrected chi connectivity index (χ1v) is 9.54. The molecule has 14 heteroatoms. The number of hydrogen-bond donors (Lipinski definition) is 3. The summed E-state index contributed by atoms with van der Waals surface area (Å²) in [5, 5.41) is 9.29. The van der Waals surface area contributed by atoms with E-state index in [0.717, 1.165) is 4.90 Å². The number of amides is 4. The number of carboxylic acid groups (broad SMARTS) is 1. The van der Waals surface area contributed by atoms with Crippen molar-refractivity contribution < 1.29 is 51.7 Å². The van der Waals surface area contributed by atoms with Gasteiger partial charge in [-0.15, -0.1) is 0 Å². The van der Waals surface area contributed by atoms with E-state index in [-0.39, 0.29) is 36.3 Å². The summed E-state index contributed by atoms with van der Waals surface area (Å²) in [5.74, 6) is -4.72. The first-order valence-electron chi connectivity index (χ1n) is 9.54. The number of piperidine rings is 1. The van der Waals surface area contributed by atoms with E-state index in [2.05, 4.69) is 5.32 Å². The second-order valence-corrected chi connectivity index (χ2v) is 6.68. The zero-order chi connectivity index (χ0) is 24.8. The highest BCUT2D eigenvalue weighted by molar-refractivity contribution is 6.24. The molecule has 1 unspecified atom stereocenters. The van der Waals surface area contributed by atoms with Crippen LogP contribution < -0.4 is 15.8 Å². The molecule has 0 bridgehead atoms. The molecule has 2 aliphatic rings. The normalized spacial score (nSPS) is 17.8. The largest absolute Gasteiger partial charge is 0.490 e. The summed E-state index contributed by atoms with van der Waals surface area (Å²) in [6.07, 6.45) is -4.90. The van der Waals surface area contributed by atoms with Crippen LogP contribution in [0.5, 0.6) is 5.75 Å². The van der Waals surface area contributed by atoms with Gasteiger partial charge in [0, 0.05) is 13.0 Å². The van der Waals surface area contributed by atoms with Crippen molar-refractivity contribution in [3.8, 4) is 5.75 Å². The summed E-state index contributed by atoms with van der Waals surface area (Å²) in [5.41, 5.74) is 5.63. The van der Waals surface area contributed by atoms with Crippen LogP contribution in [0.3, 0.4) is 0 Å². The van der Waals surface area contributed by atoms with E-state index < -0.39 is 41.8 Å². The number of fused-ring (bicyclic) bond motifs is 1. The van der Waals surface area contributed by atoms with E-state index >= 15 is 0 Å². The van der Waals surface area contributed by atoms with E-state index in [1.165, 1.54) is 6.07 Å². The fourth-order valence-corrected chi connectivity index (χ4v) is 3.00. The molecule has 0 aromatic heterocycles. The number of alkyl halides is 3. The van der Waals surface area contributed by atoms with Crippen molar-refractivity contribution >= 4 is 29.6 Å². The van der Waals surface area contributed by atoms with Crippen molar-refractivity contribution in [3.63, 3.8) is 0 Å². The van der Waals surface area contributed by atoms with E-state index in [9.17, 15) is 32.3 Å². The van der Waals surface area contributed by atoms with Crippen LogP contribution >= 0.6 is 0 Å². The number of nitrogens with zero attached hydrogens (tertiary/aromatic N) is 1. The third kappa shape index (κ3) is 6.26. The van der Waals surface area contributed by atoms with Crippen molar-refractivity contribution in [2.75, 3.05) is 26.4 Å². The first kappa shape index (κ1) is 25.7. The van der Waals surface area contributed by atoms with Crippen molar-refractivity contribution in [1.82, 2.24) is 10.2 Å². The van der Waals surface area contributed by atoms with E-state index in [1.54, 1.807) is 12.1 Å². The van der Waals surface area contributed by atoms with E-state index in [0.29, 0.717) is 19.8 Å². The number of carbonyl (C=O) groups is 5. The van der Waals surface area contributed by atoms with Gasteiger partial charge in [-0.3, -0.25) is 29.4 Å². The number of nitrogens with two attached hydrogens (primary N) is 1. The van der Waals surface area contributed by atoms with Gasteiger partial charge in [-0.1, -0.05) is 6.07 Å². The molecule has 0 aliphatic carbocycles. The highest BCUT2D eigenvalue weighted by atomic mass is 19.4. The molecular weight excluding hydrogens is 455 g/mol. The second kappa shape index (κ2) is 10.9. The number of carboxylic acids is 1. The summed E-state index contributed by atoms with van der Waals surface area (Å²) < 4.78 is 42.5. The molecule has 2 aliphatic heterocycles. The van der Waals surface area contributed by atoms with Gasteiger partial charge in [-0.2, -0.15) is 13.2 Å². The number of halogens is 3. The molecule has 3 rings (SSSR count). The lowest BCUT2D eigenvalue weighted by molar-refractivity contribution is -0.192. The van der Waals surface area contributed by atoms with Crippen molar-refractivity contribution in [2.45, 2.75) is 25.1 Å². The Morgan fingerprint density at radius 3 is 2.39 bits per heavy atom. The molecular formula is C19H20F3N3O8. The predicted octanol–water partition coefficient (Wildman–Crippen LogP) is 0.0752. The Morgan fingerprint density at radius 2 is 1.82 bits per heavy atom. The van der Waals surface area contributed by atoms with Crippen molar-refractivity contribution in [2.24, 2.45) is 5.73 Å². The van der Waals surface area contributed by atoms with Gasteiger partial charge >= 0.3 is 12.1 Å². The predicted molar refractivity (Wildman–Crippen MR) is 102 cm³/mol. The molecule has 180 valence electrons. The molecule has 2 heterocycles. The Balaban J connectivity index is 0.000000479.